The van der Waals surface area contributed by atoms with Crippen molar-refractivity contribution in [2.24, 2.45) is 0 Å². The lowest BCUT2D eigenvalue weighted by Gasteiger charge is -2.09. The predicted molar refractivity (Wildman–Crippen MR) is 114 cm³/mol. The maximum Gasteiger partial charge on any atom is 0.280 e. The number of hydrogen-bond acceptors (Lipinski definition) is 5. The molecule has 2 heterocycles. The van der Waals surface area contributed by atoms with E-state index >= 15 is 0 Å². The zero-order valence-corrected chi connectivity index (χ0v) is 17.4. The Hall–Kier alpha value is -4.01. The summed E-state index contributed by atoms with van der Waals surface area (Å²) >= 11 is 0. The van der Waals surface area contributed by atoms with Crippen molar-refractivity contribution >= 4 is 11.6 Å². The lowest BCUT2D eigenvalue weighted by Crippen LogP contribution is -2.23. The van der Waals surface area contributed by atoms with E-state index in [4.69, 9.17) is 9.47 Å². The van der Waals surface area contributed by atoms with Crippen LogP contribution < -0.4 is 14.8 Å². The second-order valence-electron chi connectivity index (χ2n) is 6.92. The number of nitrogens with zero attached hydrogens (tertiary/aromatic N) is 3. The van der Waals surface area contributed by atoms with Crippen LogP contribution in [0, 0.1) is 0 Å². The second-order valence-corrected chi connectivity index (χ2v) is 6.92. The third kappa shape index (κ3) is 4.22. The van der Waals surface area contributed by atoms with Gasteiger partial charge in [-0.25, -0.2) is 18.3 Å². The van der Waals surface area contributed by atoms with Crippen molar-refractivity contribution in [3.63, 3.8) is 0 Å². The molecule has 0 atom stereocenters. The first-order valence-corrected chi connectivity index (χ1v) is 9.72. The molecule has 0 fully saturated rings. The summed E-state index contributed by atoms with van der Waals surface area (Å²) < 4.78 is 38.7. The van der Waals surface area contributed by atoms with E-state index in [0.29, 0.717) is 22.8 Å². The Kier molecular flexibility index (Phi) is 5.98. The fourth-order valence-corrected chi connectivity index (χ4v) is 3.23. The van der Waals surface area contributed by atoms with Gasteiger partial charge in [-0.15, -0.1) is 0 Å². The Morgan fingerprint density at radius 1 is 1.03 bits per heavy atom. The zero-order valence-electron chi connectivity index (χ0n) is 17.4. The lowest BCUT2D eigenvalue weighted by atomic mass is 10.1. The molecule has 1 amide bonds. The first-order valence-electron chi connectivity index (χ1n) is 9.72. The fraction of sp³-hybridized carbons (Fsp3) is 0.174. The minimum Gasteiger partial charge on any atom is -0.497 e. The number of aromatic nitrogens is 3. The number of halogens is 2. The number of amides is 1. The highest BCUT2D eigenvalue weighted by molar-refractivity contribution is 5.99. The summed E-state index contributed by atoms with van der Waals surface area (Å²) in [6.07, 6.45) is -1.55. The smallest absolute Gasteiger partial charge is 0.280 e. The van der Waals surface area contributed by atoms with Gasteiger partial charge < -0.3 is 14.8 Å². The molecular formula is C23H20F2N4O3. The van der Waals surface area contributed by atoms with Gasteiger partial charge in [0.05, 0.1) is 26.1 Å². The highest BCUT2D eigenvalue weighted by atomic mass is 19.3. The molecule has 7 nitrogen and oxygen atoms in total. The number of carbonyl (C=O) groups excluding carboxylic acids is 1. The average molecular weight is 438 g/mol. The Labute approximate surface area is 182 Å². The molecule has 0 aliphatic carbocycles. The van der Waals surface area contributed by atoms with Gasteiger partial charge in [-0.3, -0.25) is 4.79 Å². The van der Waals surface area contributed by atoms with Crippen molar-refractivity contribution in [1.29, 1.82) is 0 Å². The first kappa shape index (κ1) is 21.2. The van der Waals surface area contributed by atoms with Crippen molar-refractivity contribution in [1.82, 2.24) is 19.9 Å². The van der Waals surface area contributed by atoms with Gasteiger partial charge in [0.15, 0.2) is 5.65 Å². The highest BCUT2D eigenvalue weighted by Crippen LogP contribution is 2.28. The largest absolute Gasteiger partial charge is 0.497 e. The molecule has 2 aromatic heterocycles. The molecule has 4 rings (SSSR count). The van der Waals surface area contributed by atoms with Crippen LogP contribution in [0.4, 0.5) is 8.78 Å². The molecule has 0 saturated carbocycles. The van der Waals surface area contributed by atoms with Crippen LogP contribution in [0.25, 0.3) is 16.9 Å². The van der Waals surface area contributed by atoms with Crippen molar-refractivity contribution in [3.8, 4) is 22.8 Å². The van der Waals surface area contributed by atoms with E-state index in [-0.39, 0.29) is 23.4 Å². The van der Waals surface area contributed by atoms with E-state index in [2.05, 4.69) is 15.4 Å². The summed E-state index contributed by atoms with van der Waals surface area (Å²) in [6, 6.07) is 15.3. The highest BCUT2D eigenvalue weighted by Gasteiger charge is 2.21. The average Bonchev–Trinajstić information content (AvgIpc) is 3.26. The number of alkyl halides is 2. The van der Waals surface area contributed by atoms with Gasteiger partial charge in [0, 0.05) is 12.1 Å². The van der Waals surface area contributed by atoms with Gasteiger partial charge in [0.1, 0.15) is 22.8 Å². The van der Waals surface area contributed by atoms with Crippen molar-refractivity contribution in [2.75, 3.05) is 14.2 Å². The quantitative estimate of drug-likeness (QED) is 0.466. The Morgan fingerprint density at radius 3 is 2.25 bits per heavy atom. The Bertz CT molecular complexity index is 1240. The van der Waals surface area contributed by atoms with E-state index < -0.39 is 12.3 Å². The molecule has 164 valence electrons. The summed E-state index contributed by atoms with van der Waals surface area (Å²) in [6.45, 7) is 0.250. The third-order valence-corrected chi connectivity index (χ3v) is 4.97. The number of methoxy groups -OCH3 is 2. The summed E-state index contributed by atoms with van der Waals surface area (Å²) in [5.41, 5.74) is 1.59. The van der Waals surface area contributed by atoms with Crippen LogP contribution in [0.5, 0.6) is 11.5 Å². The molecule has 0 radical (unpaired) electrons. The van der Waals surface area contributed by atoms with Gasteiger partial charge in [0.2, 0.25) is 0 Å². The maximum absolute atomic E-state index is 13.7. The van der Waals surface area contributed by atoms with E-state index in [1.807, 2.05) is 12.1 Å². The van der Waals surface area contributed by atoms with Gasteiger partial charge in [-0.1, -0.05) is 12.1 Å². The maximum atomic E-state index is 13.7. The number of hydrogen-bond donors (Lipinski definition) is 1. The molecule has 32 heavy (non-hydrogen) atoms. The molecule has 0 saturated heterocycles. The number of benzene rings is 2. The van der Waals surface area contributed by atoms with Crippen LogP contribution in [0.1, 0.15) is 28.0 Å². The van der Waals surface area contributed by atoms with Crippen molar-refractivity contribution in [2.45, 2.75) is 13.0 Å². The second kappa shape index (κ2) is 9.01. The SMILES string of the molecule is COc1ccc(CNC(=O)c2cnn3c(C(F)F)cc(-c4ccc(OC)cc4)nc23)cc1. The van der Waals surface area contributed by atoms with Crippen molar-refractivity contribution in [3.05, 3.63) is 77.6 Å². The Balaban J connectivity index is 1.66. The first-order chi connectivity index (χ1) is 15.5. The number of carbonyl (C=O) groups is 1. The van der Waals surface area contributed by atoms with Crippen LogP contribution in [0.15, 0.2) is 60.8 Å². The minimum atomic E-state index is -2.80. The topological polar surface area (TPSA) is 77.8 Å². The van der Waals surface area contributed by atoms with Gasteiger partial charge in [-0.05, 0) is 48.0 Å². The summed E-state index contributed by atoms with van der Waals surface area (Å²) in [5, 5.41) is 6.75. The van der Waals surface area contributed by atoms with E-state index in [1.165, 1.54) is 19.4 Å². The van der Waals surface area contributed by atoms with Crippen LogP contribution >= 0.6 is 0 Å². The monoisotopic (exact) mass is 438 g/mol. The molecule has 1 N–H and O–H groups in total. The number of rotatable bonds is 7. The standard InChI is InChI=1S/C23H20F2N4O3/c1-31-16-7-3-14(4-8-16)12-26-23(30)18-13-27-29-20(21(24)25)11-19(28-22(18)29)15-5-9-17(32-2)10-6-15/h3-11,13,21H,12H2,1-2H3,(H,26,30). The van der Waals surface area contributed by atoms with Gasteiger partial charge >= 0.3 is 0 Å². The number of fused-ring (bicyclic) bond motifs is 1. The van der Waals surface area contributed by atoms with Gasteiger partial charge in [-0.2, -0.15) is 5.10 Å². The fourth-order valence-electron chi connectivity index (χ4n) is 3.23. The van der Waals surface area contributed by atoms with Gasteiger partial charge in [0.25, 0.3) is 12.3 Å². The van der Waals surface area contributed by atoms with Crippen LogP contribution in [-0.2, 0) is 6.54 Å². The Morgan fingerprint density at radius 2 is 1.66 bits per heavy atom. The number of ether oxygens (including phenoxy) is 2. The minimum absolute atomic E-state index is 0.0563. The normalized spacial score (nSPS) is 11.0. The molecule has 2 aromatic carbocycles. The molecule has 4 aromatic rings. The molecule has 0 spiro atoms. The predicted octanol–water partition coefficient (Wildman–Crippen LogP) is 4.28. The zero-order chi connectivity index (χ0) is 22.7. The van der Waals surface area contributed by atoms with Crippen molar-refractivity contribution < 1.29 is 23.0 Å². The summed E-state index contributed by atoms with van der Waals surface area (Å²) in [5.74, 6) is 0.875. The number of nitrogens with one attached hydrogen (secondary N) is 1. The van der Waals surface area contributed by atoms with Crippen LogP contribution in [0.2, 0.25) is 0 Å². The van der Waals surface area contributed by atoms with Crippen LogP contribution in [-0.4, -0.2) is 34.7 Å². The molecular weight excluding hydrogens is 418 g/mol. The molecule has 9 heteroatoms. The molecule has 0 aliphatic heterocycles. The lowest BCUT2D eigenvalue weighted by molar-refractivity contribution is 0.0952. The van der Waals surface area contributed by atoms with Crippen LogP contribution in [0.3, 0.4) is 0 Å². The van der Waals surface area contributed by atoms with E-state index in [0.717, 1.165) is 10.1 Å². The summed E-state index contributed by atoms with van der Waals surface area (Å²) in [4.78, 5) is 17.2. The summed E-state index contributed by atoms with van der Waals surface area (Å²) in [7, 11) is 3.11. The third-order valence-electron chi connectivity index (χ3n) is 4.97. The van der Waals surface area contributed by atoms with E-state index in [9.17, 15) is 13.6 Å². The molecule has 0 bridgehead atoms. The molecule has 0 aliphatic rings. The molecule has 0 unspecified atom stereocenters. The van der Waals surface area contributed by atoms with E-state index in [1.54, 1.807) is 43.5 Å².